The summed E-state index contributed by atoms with van der Waals surface area (Å²) in [5.41, 5.74) is 2.34. The van der Waals surface area contributed by atoms with Crippen LogP contribution in [0.1, 0.15) is 37.7 Å². The van der Waals surface area contributed by atoms with Crippen molar-refractivity contribution >= 4 is 0 Å². The quantitative estimate of drug-likeness (QED) is 0.673. The fourth-order valence-corrected chi connectivity index (χ4v) is 3.32. The molecule has 0 amide bonds. The number of rotatable bonds is 3. The molecule has 74 valence electrons. The van der Waals surface area contributed by atoms with Gasteiger partial charge >= 0.3 is 0 Å². The molecule has 2 unspecified atom stereocenters. The van der Waals surface area contributed by atoms with Gasteiger partial charge in [-0.3, -0.25) is 0 Å². The molecule has 2 fully saturated rings. The fourth-order valence-electron chi connectivity index (χ4n) is 3.32. The third-order valence-electron chi connectivity index (χ3n) is 4.34. The number of fused-ring (bicyclic) bond motifs is 1. The highest BCUT2D eigenvalue weighted by Gasteiger charge is 2.55. The molecule has 0 heterocycles. The molecular weight excluding hydrogens is 168 g/mol. The zero-order valence-corrected chi connectivity index (χ0v) is 8.71. The highest BCUT2D eigenvalue weighted by molar-refractivity contribution is 5.16. The van der Waals surface area contributed by atoms with Crippen LogP contribution in [0.5, 0.6) is 0 Å². The van der Waals surface area contributed by atoms with E-state index >= 15 is 0 Å². The lowest BCUT2D eigenvalue weighted by atomic mass is 9.94. The summed E-state index contributed by atoms with van der Waals surface area (Å²) in [5, 5.41) is 0. The molecule has 2 atom stereocenters. The maximum absolute atomic E-state index is 2.27. The summed E-state index contributed by atoms with van der Waals surface area (Å²) in [7, 11) is 0. The number of hydrogen-bond acceptors (Lipinski definition) is 0. The van der Waals surface area contributed by atoms with Gasteiger partial charge in [0.2, 0.25) is 0 Å². The normalized spacial score (nSPS) is 34.1. The van der Waals surface area contributed by atoms with Gasteiger partial charge in [-0.05, 0) is 49.0 Å². The first kappa shape index (κ1) is 8.52. The first-order chi connectivity index (χ1) is 6.89. The third-order valence-corrected chi connectivity index (χ3v) is 4.34. The molecule has 2 aliphatic carbocycles. The number of hydrogen-bond donors (Lipinski definition) is 0. The van der Waals surface area contributed by atoms with Crippen molar-refractivity contribution in [3.05, 3.63) is 35.9 Å². The lowest BCUT2D eigenvalue weighted by molar-refractivity contribution is 0.446. The van der Waals surface area contributed by atoms with Crippen LogP contribution in [-0.2, 0) is 6.42 Å². The molecule has 1 aromatic carbocycles. The maximum Gasteiger partial charge on any atom is -0.0263 e. The maximum atomic E-state index is 2.27. The van der Waals surface area contributed by atoms with Gasteiger partial charge in [0.25, 0.3) is 0 Å². The molecule has 1 aromatic rings. The van der Waals surface area contributed by atoms with E-state index in [1.165, 1.54) is 37.7 Å². The average Bonchev–Trinajstić information content (AvgIpc) is 2.80. The van der Waals surface area contributed by atoms with Crippen LogP contribution in [0, 0.1) is 11.3 Å². The number of benzene rings is 1. The van der Waals surface area contributed by atoms with Crippen molar-refractivity contribution in [1.82, 2.24) is 0 Å². The minimum Gasteiger partial charge on any atom is -0.0622 e. The molecule has 0 saturated heterocycles. The summed E-state index contributed by atoms with van der Waals surface area (Å²) in [6.07, 6.45) is 8.83. The van der Waals surface area contributed by atoms with Crippen molar-refractivity contribution in [3.63, 3.8) is 0 Å². The van der Waals surface area contributed by atoms with E-state index in [0.717, 1.165) is 11.3 Å². The summed E-state index contributed by atoms with van der Waals surface area (Å²) in [6, 6.07) is 11.0. The lowest BCUT2D eigenvalue weighted by Crippen LogP contribution is -2.00. The SMILES string of the molecule is c1ccc(CCC23CCCC2C3)cc1. The predicted octanol–water partition coefficient (Wildman–Crippen LogP) is 3.81. The summed E-state index contributed by atoms with van der Waals surface area (Å²) < 4.78 is 0. The van der Waals surface area contributed by atoms with Crippen LogP contribution in [0.25, 0.3) is 0 Å². The lowest BCUT2D eigenvalue weighted by Gasteiger charge is -2.11. The van der Waals surface area contributed by atoms with Gasteiger partial charge in [0.1, 0.15) is 0 Å². The van der Waals surface area contributed by atoms with Crippen molar-refractivity contribution in [2.75, 3.05) is 0 Å². The Morgan fingerprint density at radius 2 is 2.07 bits per heavy atom. The Kier molecular flexibility index (Phi) is 1.90. The molecule has 0 N–H and O–H groups in total. The van der Waals surface area contributed by atoms with Crippen LogP contribution < -0.4 is 0 Å². The van der Waals surface area contributed by atoms with E-state index in [0.29, 0.717) is 0 Å². The second-order valence-electron chi connectivity index (χ2n) is 5.14. The molecule has 0 aliphatic heterocycles. The van der Waals surface area contributed by atoms with E-state index in [9.17, 15) is 0 Å². The van der Waals surface area contributed by atoms with E-state index in [-0.39, 0.29) is 0 Å². The van der Waals surface area contributed by atoms with Crippen molar-refractivity contribution in [2.24, 2.45) is 11.3 Å². The van der Waals surface area contributed by atoms with Crippen molar-refractivity contribution in [1.29, 1.82) is 0 Å². The fraction of sp³-hybridized carbons (Fsp3) is 0.571. The van der Waals surface area contributed by atoms with Crippen LogP contribution in [0.4, 0.5) is 0 Å². The first-order valence-corrected chi connectivity index (χ1v) is 5.93. The zero-order chi connectivity index (χ0) is 9.43. The van der Waals surface area contributed by atoms with E-state index in [4.69, 9.17) is 0 Å². The van der Waals surface area contributed by atoms with Crippen LogP contribution in [0.2, 0.25) is 0 Å². The molecule has 14 heavy (non-hydrogen) atoms. The van der Waals surface area contributed by atoms with Crippen LogP contribution >= 0.6 is 0 Å². The van der Waals surface area contributed by atoms with Crippen LogP contribution in [0.3, 0.4) is 0 Å². The Morgan fingerprint density at radius 1 is 1.21 bits per heavy atom. The topological polar surface area (TPSA) is 0 Å². The van der Waals surface area contributed by atoms with E-state index in [1.807, 2.05) is 0 Å². The molecule has 0 nitrogen and oxygen atoms in total. The molecule has 0 radical (unpaired) electrons. The van der Waals surface area contributed by atoms with Gasteiger partial charge in [-0.15, -0.1) is 0 Å². The molecule has 3 rings (SSSR count). The largest absolute Gasteiger partial charge is 0.0622 e. The highest BCUT2D eigenvalue weighted by atomic mass is 14.6. The Morgan fingerprint density at radius 3 is 2.71 bits per heavy atom. The van der Waals surface area contributed by atoms with Gasteiger partial charge in [-0.2, -0.15) is 0 Å². The van der Waals surface area contributed by atoms with E-state index in [2.05, 4.69) is 30.3 Å². The number of aryl methyl sites for hydroxylation is 1. The van der Waals surface area contributed by atoms with Gasteiger partial charge < -0.3 is 0 Å². The summed E-state index contributed by atoms with van der Waals surface area (Å²) >= 11 is 0. The molecule has 2 aliphatic rings. The molecule has 2 saturated carbocycles. The monoisotopic (exact) mass is 186 g/mol. The zero-order valence-electron chi connectivity index (χ0n) is 8.71. The highest BCUT2D eigenvalue weighted by Crippen LogP contribution is 2.65. The Labute approximate surface area is 86.3 Å². The van der Waals surface area contributed by atoms with Gasteiger partial charge in [-0.1, -0.05) is 36.8 Å². The van der Waals surface area contributed by atoms with E-state index < -0.39 is 0 Å². The Hall–Kier alpha value is -0.780. The smallest absolute Gasteiger partial charge is 0.0263 e. The minimum absolute atomic E-state index is 0.815. The van der Waals surface area contributed by atoms with Gasteiger partial charge in [-0.25, -0.2) is 0 Å². The van der Waals surface area contributed by atoms with Crippen molar-refractivity contribution in [2.45, 2.75) is 38.5 Å². The average molecular weight is 186 g/mol. The molecule has 0 heteroatoms. The Balaban J connectivity index is 1.60. The van der Waals surface area contributed by atoms with Gasteiger partial charge in [0, 0.05) is 0 Å². The van der Waals surface area contributed by atoms with Gasteiger partial charge in [0.05, 0.1) is 0 Å². The molecule has 0 aromatic heterocycles. The van der Waals surface area contributed by atoms with Crippen molar-refractivity contribution < 1.29 is 0 Å². The first-order valence-electron chi connectivity index (χ1n) is 5.93. The molecular formula is C14H18. The summed E-state index contributed by atoms with van der Waals surface area (Å²) in [6.45, 7) is 0. The van der Waals surface area contributed by atoms with Crippen LogP contribution in [0.15, 0.2) is 30.3 Å². The van der Waals surface area contributed by atoms with Crippen molar-refractivity contribution in [3.8, 4) is 0 Å². The predicted molar refractivity (Wildman–Crippen MR) is 59.2 cm³/mol. The second-order valence-corrected chi connectivity index (χ2v) is 5.14. The molecule has 0 spiro atoms. The Bertz CT molecular complexity index is 314. The molecule has 0 bridgehead atoms. The summed E-state index contributed by atoms with van der Waals surface area (Å²) in [4.78, 5) is 0. The standard InChI is InChI=1S/C14H18/c1-2-5-12(6-3-1)8-10-14-9-4-7-13(14)11-14/h1-3,5-6,13H,4,7-11H2. The van der Waals surface area contributed by atoms with Gasteiger partial charge in [0.15, 0.2) is 0 Å². The second kappa shape index (κ2) is 3.12. The van der Waals surface area contributed by atoms with E-state index in [1.54, 1.807) is 6.42 Å². The summed E-state index contributed by atoms with van der Waals surface area (Å²) in [5.74, 6) is 1.12. The minimum atomic E-state index is 0.815. The third kappa shape index (κ3) is 1.37. The van der Waals surface area contributed by atoms with Crippen LogP contribution in [-0.4, -0.2) is 0 Å².